The molecular weight excluding hydrogens is 200 g/mol. The second-order valence-corrected chi connectivity index (χ2v) is 4.29. The van der Waals surface area contributed by atoms with Crippen molar-refractivity contribution in [3.05, 3.63) is 35.9 Å². The van der Waals surface area contributed by atoms with Crippen molar-refractivity contribution >= 4 is 0 Å². The van der Waals surface area contributed by atoms with Crippen LogP contribution in [0.2, 0.25) is 0 Å². The highest BCUT2D eigenvalue weighted by atomic mass is 16.3. The van der Waals surface area contributed by atoms with Crippen LogP contribution in [0.25, 0.3) is 0 Å². The maximum Gasteiger partial charge on any atom is 0.0839 e. The fourth-order valence-electron chi connectivity index (χ4n) is 2.14. The number of rotatable bonds is 3. The Morgan fingerprint density at radius 2 is 2.19 bits per heavy atom. The van der Waals surface area contributed by atoms with Crippen LogP contribution in [0, 0.1) is 11.3 Å². The molecule has 1 saturated heterocycles. The molecule has 1 aromatic rings. The molecule has 1 unspecified atom stereocenters. The average molecular weight is 216 g/mol. The molecule has 0 saturated carbocycles. The van der Waals surface area contributed by atoms with Gasteiger partial charge in [-0.05, 0) is 12.0 Å². The predicted octanol–water partition coefficient (Wildman–Crippen LogP) is 1.36. The molecule has 1 N–H and O–H groups in total. The van der Waals surface area contributed by atoms with Gasteiger partial charge in [-0.25, -0.2) is 0 Å². The van der Waals surface area contributed by atoms with Gasteiger partial charge in [-0.3, -0.25) is 4.90 Å². The third-order valence-corrected chi connectivity index (χ3v) is 3.05. The molecule has 0 bridgehead atoms. The molecule has 0 amide bonds. The Hall–Kier alpha value is -1.37. The quantitative estimate of drug-likeness (QED) is 0.830. The first-order valence-electron chi connectivity index (χ1n) is 5.64. The number of hydrogen-bond acceptors (Lipinski definition) is 3. The first-order valence-corrected chi connectivity index (χ1v) is 5.64. The van der Waals surface area contributed by atoms with E-state index in [1.165, 1.54) is 0 Å². The topological polar surface area (TPSA) is 47.3 Å². The minimum Gasteiger partial charge on any atom is -0.392 e. The Morgan fingerprint density at radius 3 is 2.75 bits per heavy atom. The van der Waals surface area contributed by atoms with Crippen molar-refractivity contribution in [1.29, 1.82) is 5.26 Å². The van der Waals surface area contributed by atoms with E-state index < -0.39 is 0 Å². The normalized spacial score (nSPS) is 22.9. The van der Waals surface area contributed by atoms with Crippen molar-refractivity contribution in [3.63, 3.8) is 0 Å². The summed E-state index contributed by atoms with van der Waals surface area (Å²) in [6.07, 6.45) is 0.613. The van der Waals surface area contributed by atoms with Crippen molar-refractivity contribution in [1.82, 2.24) is 4.90 Å². The van der Waals surface area contributed by atoms with Gasteiger partial charge in [0.05, 0.1) is 18.1 Å². The lowest BCUT2D eigenvalue weighted by Gasteiger charge is -2.18. The van der Waals surface area contributed by atoms with Crippen LogP contribution in [0.1, 0.15) is 17.9 Å². The van der Waals surface area contributed by atoms with Gasteiger partial charge in [-0.1, -0.05) is 30.3 Å². The van der Waals surface area contributed by atoms with Gasteiger partial charge in [0, 0.05) is 19.6 Å². The zero-order chi connectivity index (χ0) is 11.4. The third-order valence-electron chi connectivity index (χ3n) is 3.05. The Labute approximate surface area is 95.9 Å². The minimum absolute atomic E-state index is 0.0912. The number of aliphatic hydroxyl groups is 1. The predicted molar refractivity (Wildman–Crippen MR) is 61.9 cm³/mol. The van der Waals surface area contributed by atoms with Crippen LogP contribution in [0.4, 0.5) is 0 Å². The van der Waals surface area contributed by atoms with E-state index in [0.29, 0.717) is 6.54 Å². The smallest absolute Gasteiger partial charge is 0.0839 e. The molecule has 1 aliphatic heterocycles. The largest absolute Gasteiger partial charge is 0.392 e. The molecule has 1 heterocycles. The summed E-state index contributed by atoms with van der Waals surface area (Å²) in [4.78, 5) is 2.16. The highest BCUT2D eigenvalue weighted by molar-refractivity contribution is 5.25. The molecule has 2 atom stereocenters. The lowest BCUT2D eigenvalue weighted by atomic mass is 10.0. The number of hydrogen-bond donors (Lipinski definition) is 1. The summed E-state index contributed by atoms with van der Waals surface area (Å²) in [5.41, 5.74) is 1.06. The number of β-amino-alcohol motifs (C(OH)–C–C–N with tert-alkyl or cyclic N) is 1. The molecule has 0 aliphatic carbocycles. The number of nitriles is 1. The highest BCUT2D eigenvalue weighted by Crippen LogP contribution is 2.19. The zero-order valence-corrected chi connectivity index (χ0v) is 9.21. The standard InChI is InChI=1S/C13H16N2O/c14-8-12(11-4-2-1-3-5-11)9-15-7-6-13(16)10-15/h1-5,12-13,16H,6-7,9-10H2/t12?,13-/m1/s1. The number of nitrogens with zero attached hydrogens (tertiary/aromatic N) is 2. The highest BCUT2D eigenvalue weighted by Gasteiger charge is 2.23. The van der Waals surface area contributed by atoms with Crippen molar-refractivity contribution in [2.45, 2.75) is 18.4 Å². The first-order chi connectivity index (χ1) is 7.79. The van der Waals surface area contributed by atoms with Gasteiger partial charge in [-0.15, -0.1) is 0 Å². The second kappa shape index (κ2) is 5.11. The number of benzene rings is 1. The maximum atomic E-state index is 9.43. The lowest BCUT2D eigenvalue weighted by molar-refractivity contribution is 0.176. The third kappa shape index (κ3) is 2.60. The van der Waals surface area contributed by atoms with Crippen LogP contribution in [0.15, 0.2) is 30.3 Å². The van der Waals surface area contributed by atoms with E-state index in [0.717, 1.165) is 25.1 Å². The fraction of sp³-hybridized carbons (Fsp3) is 0.462. The Morgan fingerprint density at radius 1 is 1.44 bits per heavy atom. The summed E-state index contributed by atoms with van der Waals surface area (Å²) in [5.74, 6) is -0.0912. The molecule has 84 valence electrons. The van der Waals surface area contributed by atoms with E-state index in [1.807, 2.05) is 30.3 Å². The van der Waals surface area contributed by atoms with Gasteiger partial charge in [0.1, 0.15) is 0 Å². The molecular formula is C13H16N2O. The molecule has 1 aliphatic rings. The Kier molecular flexibility index (Phi) is 3.55. The van der Waals surface area contributed by atoms with Gasteiger partial charge in [0.15, 0.2) is 0 Å². The van der Waals surface area contributed by atoms with E-state index in [-0.39, 0.29) is 12.0 Å². The Balaban J connectivity index is 1.99. The van der Waals surface area contributed by atoms with Crippen LogP contribution in [-0.4, -0.2) is 35.7 Å². The molecule has 0 aromatic heterocycles. The van der Waals surface area contributed by atoms with E-state index in [1.54, 1.807) is 0 Å². The molecule has 0 radical (unpaired) electrons. The molecule has 1 fully saturated rings. The van der Waals surface area contributed by atoms with Crippen LogP contribution in [0.3, 0.4) is 0 Å². The van der Waals surface area contributed by atoms with Gasteiger partial charge in [0.2, 0.25) is 0 Å². The average Bonchev–Trinajstić information content (AvgIpc) is 2.73. The van der Waals surface area contributed by atoms with Crippen LogP contribution in [-0.2, 0) is 0 Å². The summed E-state index contributed by atoms with van der Waals surface area (Å²) in [6.45, 7) is 2.31. The lowest BCUT2D eigenvalue weighted by Crippen LogP contribution is -2.27. The molecule has 16 heavy (non-hydrogen) atoms. The van der Waals surface area contributed by atoms with E-state index >= 15 is 0 Å². The minimum atomic E-state index is -0.213. The zero-order valence-electron chi connectivity index (χ0n) is 9.21. The van der Waals surface area contributed by atoms with Crippen LogP contribution >= 0.6 is 0 Å². The molecule has 3 heteroatoms. The van der Waals surface area contributed by atoms with Gasteiger partial charge < -0.3 is 5.11 Å². The van der Waals surface area contributed by atoms with E-state index in [2.05, 4.69) is 11.0 Å². The van der Waals surface area contributed by atoms with Crippen molar-refractivity contribution < 1.29 is 5.11 Å². The van der Waals surface area contributed by atoms with Crippen molar-refractivity contribution in [2.75, 3.05) is 19.6 Å². The SMILES string of the molecule is N#CC(CN1CC[C@@H](O)C1)c1ccccc1. The van der Waals surface area contributed by atoms with Crippen molar-refractivity contribution in [3.8, 4) is 6.07 Å². The van der Waals surface area contributed by atoms with Crippen LogP contribution < -0.4 is 0 Å². The first kappa shape index (κ1) is 11.1. The molecule has 1 aromatic carbocycles. The van der Waals surface area contributed by atoms with Crippen LogP contribution in [0.5, 0.6) is 0 Å². The molecule has 2 rings (SSSR count). The summed E-state index contributed by atoms with van der Waals surface area (Å²) < 4.78 is 0. The fourth-order valence-corrected chi connectivity index (χ4v) is 2.14. The summed E-state index contributed by atoms with van der Waals surface area (Å²) in [7, 11) is 0. The second-order valence-electron chi connectivity index (χ2n) is 4.29. The van der Waals surface area contributed by atoms with E-state index in [4.69, 9.17) is 5.26 Å². The summed E-state index contributed by atoms with van der Waals surface area (Å²) in [5, 5.41) is 18.6. The molecule has 0 spiro atoms. The van der Waals surface area contributed by atoms with Gasteiger partial charge in [-0.2, -0.15) is 5.26 Å². The number of likely N-dealkylation sites (tertiary alicyclic amines) is 1. The number of aliphatic hydroxyl groups excluding tert-OH is 1. The Bertz CT molecular complexity index is 371. The maximum absolute atomic E-state index is 9.43. The molecule has 3 nitrogen and oxygen atoms in total. The summed E-state index contributed by atoms with van der Waals surface area (Å²) in [6, 6.07) is 12.2. The van der Waals surface area contributed by atoms with E-state index in [9.17, 15) is 5.11 Å². The van der Waals surface area contributed by atoms with Gasteiger partial charge >= 0.3 is 0 Å². The van der Waals surface area contributed by atoms with Gasteiger partial charge in [0.25, 0.3) is 0 Å². The summed E-state index contributed by atoms with van der Waals surface area (Å²) >= 11 is 0. The monoisotopic (exact) mass is 216 g/mol. The van der Waals surface area contributed by atoms with Crippen molar-refractivity contribution in [2.24, 2.45) is 0 Å².